The van der Waals surface area contributed by atoms with Crippen LogP contribution in [-0.4, -0.2) is 11.2 Å². The fraction of sp³-hybridized carbons (Fsp3) is 0.571. The van der Waals surface area contributed by atoms with E-state index in [1.54, 1.807) is 0 Å². The van der Waals surface area contributed by atoms with Crippen molar-refractivity contribution in [1.82, 2.24) is 0 Å². The molecule has 2 nitrogen and oxygen atoms in total. The standard InChI is InChI=1S/C14H17BrF3NO.ClH/c15-11-6-9(5-10(7-11)14(16,17)18)12(19)13(20)8-3-1-2-4-8;/h5-8,12-13,20H,1-4,19H2;1H/t12-,13+;/m1./s1. The van der Waals surface area contributed by atoms with Gasteiger partial charge < -0.3 is 10.8 Å². The summed E-state index contributed by atoms with van der Waals surface area (Å²) in [5.74, 6) is 0.0818. The van der Waals surface area contributed by atoms with E-state index >= 15 is 0 Å². The monoisotopic (exact) mass is 387 g/mol. The number of aliphatic hydroxyl groups excluding tert-OH is 1. The average molecular weight is 389 g/mol. The van der Waals surface area contributed by atoms with E-state index in [2.05, 4.69) is 15.9 Å². The number of hydrogen-bond donors (Lipinski definition) is 2. The molecule has 2 atom stereocenters. The lowest BCUT2D eigenvalue weighted by molar-refractivity contribution is -0.137. The Kier molecular flexibility index (Phi) is 6.53. The van der Waals surface area contributed by atoms with Crippen molar-refractivity contribution in [2.75, 3.05) is 0 Å². The van der Waals surface area contributed by atoms with Gasteiger partial charge in [-0.2, -0.15) is 13.2 Å². The summed E-state index contributed by atoms with van der Waals surface area (Å²) in [6, 6.07) is 2.78. The molecule has 1 fully saturated rings. The molecule has 1 saturated carbocycles. The first-order valence-corrected chi connectivity index (χ1v) is 7.39. The Morgan fingerprint density at radius 1 is 1.19 bits per heavy atom. The summed E-state index contributed by atoms with van der Waals surface area (Å²) >= 11 is 3.07. The molecular formula is C14H18BrClF3NO. The average Bonchev–Trinajstić information content (AvgIpc) is 2.89. The van der Waals surface area contributed by atoms with Crippen LogP contribution in [0.1, 0.15) is 42.9 Å². The number of benzene rings is 1. The number of halogens is 5. The van der Waals surface area contributed by atoms with E-state index in [1.165, 1.54) is 6.07 Å². The van der Waals surface area contributed by atoms with Gasteiger partial charge in [-0.3, -0.25) is 0 Å². The summed E-state index contributed by atoms with van der Waals surface area (Å²) < 4.78 is 38.7. The summed E-state index contributed by atoms with van der Waals surface area (Å²) in [6.45, 7) is 0. The van der Waals surface area contributed by atoms with Crippen molar-refractivity contribution in [3.05, 3.63) is 33.8 Å². The van der Waals surface area contributed by atoms with E-state index in [-0.39, 0.29) is 18.3 Å². The lowest BCUT2D eigenvalue weighted by Gasteiger charge is -2.25. The molecule has 0 unspecified atom stereocenters. The third-order valence-corrected chi connectivity index (χ3v) is 4.34. The normalized spacial score (nSPS) is 19.1. The van der Waals surface area contributed by atoms with Crippen LogP contribution < -0.4 is 5.73 Å². The molecule has 120 valence electrons. The number of nitrogens with two attached hydrogens (primary N) is 1. The van der Waals surface area contributed by atoms with Crippen molar-refractivity contribution in [3.63, 3.8) is 0 Å². The van der Waals surface area contributed by atoms with Crippen LogP contribution in [-0.2, 0) is 6.18 Å². The summed E-state index contributed by atoms with van der Waals surface area (Å²) in [5, 5.41) is 10.2. The Labute approximate surface area is 136 Å². The van der Waals surface area contributed by atoms with Crippen molar-refractivity contribution < 1.29 is 18.3 Å². The number of aliphatic hydroxyl groups is 1. The van der Waals surface area contributed by atoms with Gasteiger partial charge >= 0.3 is 6.18 Å². The Balaban J connectivity index is 0.00000220. The predicted molar refractivity (Wildman–Crippen MR) is 81.3 cm³/mol. The van der Waals surface area contributed by atoms with E-state index in [4.69, 9.17) is 5.73 Å². The number of alkyl halides is 3. The quantitative estimate of drug-likeness (QED) is 0.804. The zero-order valence-electron chi connectivity index (χ0n) is 11.2. The highest BCUT2D eigenvalue weighted by Gasteiger charge is 2.33. The van der Waals surface area contributed by atoms with Crippen molar-refractivity contribution in [3.8, 4) is 0 Å². The minimum Gasteiger partial charge on any atom is -0.391 e. The Morgan fingerprint density at radius 2 is 1.76 bits per heavy atom. The maximum Gasteiger partial charge on any atom is 0.416 e. The molecule has 0 spiro atoms. The largest absolute Gasteiger partial charge is 0.416 e. The summed E-state index contributed by atoms with van der Waals surface area (Å²) in [5.41, 5.74) is 5.52. The van der Waals surface area contributed by atoms with Gasteiger partial charge in [0.25, 0.3) is 0 Å². The van der Waals surface area contributed by atoms with Crippen LogP contribution in [0.2, 0.25) is 0 Å². The summed E-state index contributed by atoms with van der Waals surface area (Å²) in [6.07, 6.45) is -1.37. The van der Waals surface area contributed by atoms with Gasteiger partial charge in [0.05, 0.1) is 17.7 Å². The molecule has 1 aromatic carbocycles. The maximum atomic E-state index is 12.8. The third kappa shape index (κ3) is 4.58. The molecule has 0 amide bonds. The van der Waals surface area contributed by atoms with Crippen molar-refractivity contribution in [2.45, 2.75) is 44.0 Å². The zero-order chi connectivity index (χ0) is 14.9. The van der Waals surface area contributed by atoms with Gasteiger partial charge in [-0.05, 0) is 42.5 Å². The second kappa shape index (κ2) is 7.31. The molecule has 0 saturated heterocycles. The molecule has 0 bridgehead atoms. The lowest BCUT2D eigenvalue weighted by atomic mass is 9.90. The van der Waals surface area contributed by atoms with Gasteiger partial charge in [-0.25, -0.2) is 0 Å². The highest BCUT2D eigenvalue weighted by Crippen LogP contribution is 2.36. The summed E-state index contributed by atoms with van der Waals surface area (Å²) in [4.78, 5) is 0. The third-order valence-electron chi connectivity index (χ3n) is 3.88. The van der Waals surface area contributed by atoms with Gasteiger partial charge in [-0.15, -0.1) is 12.4 Å². The Morgan fingerprint density at radius 3 is 2.29 bits per heavy atom. The number of rotatable bonds is 3. The first kappa shape index (κ1) is 18.7. The van der Waals surface area contributed by atoms with E-state index < -0.39 is 23.9 Å². The van der Waals surface area contributed by atoms with E-state index in [9.17, 15) is 18.3 Å². The summed E-state index contributed by atoms with van der Waals surface area (Å²) in [7, 11) is 0. The molecule has 7 heteroatoms. The second-order valence-corrected chi connectivity index (χ2v) is 6.25. The fourth-order valence-electron chi connectivity index (χ4n) is 2.76. The topological polar surface area (TPSA) is 46.2 Å². The van der Waals surface area contributed by atoms with E-state index in [1.807, 2.05) is 0 Å². The molecule has 0 aromatic heterocycles. The van der Waals surface area contributed by atoms with E-state index in [0.29, 0.717) is 10.0 Å². The molecule has 21 heavy (non-hydrogen) atoms. The molecule has 1 aliphatic rings. The molecule has 1 aliphatic carbocycles. The molecule has 0 heterocycles. The smallest absolute Gasteiger partial charge is 0.391 e. The highest BCUT2D eigenvalue weighted by molar-refractivity contribution is 9.10. The van der Waals surface area contributed by atoms with Gasteiger partial charge in [0.1, 0.15) is 0 Å². The molecule has 0 aliphatic heterocycles. The van der Waals surface area contributed by atoms with Crippen LogP contribution in [0.15, 0.2) is 22.7 Å². The van der Waals surface area contributed by atoms with Crippen LogP contribution in [0.5, 0.6) is 0 Å². The minimum absolute atomic E-state index is 0. The number of hydrogen-bond acceptors (Lipinski definition) is 2. The molecule has 3 N–H and O–H groups in total. The molecule has 2 rings (SSSR count). The molecular weight excluding hydrogens is 371 g/mol. The van der Waals surface area contributed by atoms with Crippen LogP contribution in [0.3, 0.4) is 0 Å². The SMILES string of the molecule is Cl.N[C@H](c1cc(Br)cc(C(F)(F)F)c1)[C@@H](O)C1CCCC1. The van der Waals surface area contributed by atoms with Crippen molar-refractivity contribution >= 4 is 28.3 Å². The fourth-order valence-corrected chi connectivity index (χ4v) is 3.27. The van der Waals surface area contributed by atoms with Crippen LogP contribution >= 0.6 is 28.3 Å². The molecule has 1 aromatic rings. The second-order valence-electron chi connectivity index (χ2n) is 5.33. The highest BCUT2D eigenvalue weighted by atomic mass is 79.9. The van der Waals surface area contributed by atoms with Gasteiger partial charge in [0.15, 0.2) is 0 Å². The predicted octanol–water partition coefficient (Wildman–Crippen LogP) is 4.44. The first-order valence-electron chi connectivity index (χ1n) is 6.60. The maximum absolute atomic E-state index is 12.8. The zero-order valence-corrected chi connectivity index (χ0v) is 13.6. The van der Waals surface area contributed by atoms with Crippen LogP contribution in [0.25, 0.3) is 0 Å². The van der Waals surface area contributed by atoms with Gasteiger partial charge in [0, 0.05) is 4.47 Å². The first-order chi connectivity index (χ1) is 9.29. The minimum atomic E-state index is -4.42. The Hall–Kier alpha value is -0.300. The van der Waals surface area contributed by atoms with Crippen LogP contribution in [0, 0.1) is 5.92 Å². The Bertz CT molecular complexity index is 478. The van der Waals surface area contributed by atoms with Gasteiger partial charge in [0.2, 0.25) is 0 Å². The molecule has 0 radical (unpaired) electrons. The van der Waals surface area contributed by atoms with E-state index in [0.717, 1.165) is 37.8 Å². The van der Waals surface area contributed by atoms with Gasteiger partial charge in [-0.1, -0.05) is 28.8 Å². The van der Waals surface area contributed by atoms with Crippen LogP contribution in [0.4, 0.5) is 13.2 Å². The lowest BCUT2D eigenvalue weighted by Crippen LogP contribution is -2.32. The van der Waals surface area contributed by atoms with Crippen molar-refractivity contribution in [1.29, 1.82) is 0 Å². The van der Waals surface area contributed by atoms with Crippen molar-refractivity contribution in [2.24, 2.45) is 11.7 Å².